The van der Waals surface area contributed by atoms with E-state index in [1.54, 1.807) is 0 Å². The van der Waals surface area contributed by atoms with Gasteiger partial charge in [0.1, 0.15) is 0 Å². The maximum Gasteiger partial charge on any atom is 0.0754 e. The van der Waals surface area contributed by atoms with E-state index in [2.05, 4.69) is 168 Å². The van der Waals surface area contributed by atoms with E-state index in [0.717, 1.165) is 0 Å². The molecule has 0 fully saturated rings. The van der Waals surface area contributed by atoms with Crippen LogP contribution in [0.15, 0.2) is 164 Å². The van der Waals surface area contributed by atoms with Crippen molar-refractivity contribution in [3.63, 3.8) is 0 Å². The lowest BCUT2D eigenvalue weighted by molar-refractivity contribution is 0.749. The van der Waals surface area contributed by atoms with Crippen LogP contribution in [0.4, 0.5) is 0 Å². The molecule has 1 spiro atoms. The van der Waals surface area contributed by atoms with Crippen LogP contribution >= 0.6 is 0 Å². The molecule has 1 aromatic heterocycles. The van der Waals surface area contributed by atoms with Crippen molar-refractivity contribution in [2.24, 2.45) is 0 Å². The smallest absolute Gasteiger partial charge is 0.0754 e. The summed E-state index contributed by atoms with van der Waals surface area (Å²) >= 11 is 0. The Hall–Kier alpha value is -5.92. The van der Waals surface area contributed by atoms with Crippen molar-refractivity contribution < 1.29 is 0 Å². The molecular formula is C45H27N. The van der Waals surface area contributed by atoms with Gasteiger partial charge in [0.2, 0.25) is 0 Å². The lowest BCUT2D eigenvalue weighted by Gasteiger charge is -2.39. The Kier molecular flexibility index (Phi) is 4.57. The van der Waals surface area contributed by atoms with E-state index in [4.69, 9.17) is 0 Å². The van der Waals surface area contributed by atoms with E-state index in [9.17, 15) is 0 Å². The minimum absolute atomic E-state index is 0.435. The normalized spacial score (nSPS) is 13.8. The number of benzene rings is 8. The second-order valence-electron chi connectivity index (χ2n) is 12.9. The van der Waals surface area contributed by atoms with Crippen molar-refractivity contribution >= 4 is 43.4 Å². The minimum Gasteiger partial charge on any atom is -0.309 e. The maximum absolute atomic E-state index is 2.53. The standard InChI is InChI=1S/C45H27N/c1-2-12-32-28(11-1)21-22-30-25-29(23-24-33(30)32)31-26-37-36-15-5-9-19-42(36)46-43-20-10-8-18-40(43)45(41(27-31)44(37)46)38-16-6-3-13-34(38)35-14-4-7-17-39(35)45/h1-27H. The van der Waals surface area contributed by atoms with Crippen molar-refractivity contribution in [2.45, 2.75) is 5.41 Å². The van der Waals surface area contributed by atoms with Gasteiger partial charge in [0.05, 0.1) is 22.1 Å². The maximum atomic E-state index is 2.53. The highest BCUT2D eigenvalue weighted by Gasteiger charge is 2.50. The summed E-state index contributed by atoms with van der Waals surface area (Å²) in [5.41, 5.74) is 14.0. The summed E-state index contributed by atoms with van der Waals surface area (Å²) in [6, 6.07) is 61.4. The van der Waals surface area contributed by atoms with Crippen LogP contribution in [0.3, 0.4) is 0 Å². The van der Waals surface area contributed by atoms with Crippen LogP contribution in [-0.4, -0.2) is 4.57 Å². The van der Waals surface area contributed by atoms with Crippen molar-refractivity contribution in [1.29, 1.82) is 0 Å². The molecule has 1 aliphatic carbocycles. The third kappa shape index (κ3) is 2.87. The van der Waals surface area contributed by atoms with Crippen LogP contribution in [0.2, 0.25) is 0 Å². The van der Waals surface area contributed by atoms with Gasteiger partial charge in [-0.15, -0.1) is 0 Å². The van der Waals surface area contributed by atoms with Crippen molar-refractivity contribution in [2.75, 3.05) is 0 Å². The molecule has 2 heterocycles. The van der Waals surface area contributed by atoms with Gasteiger partial charge in [-0.1, -0.05) is 133 Å². The highest BCUT2D eigenvalue weighted by atomic mass is 15.0. The summed E-state index contributed by atoms with van der Waals surface area (Å²) in [6.07, 6.45) is 0. The quantitative estimate of drug-likeness (QED) is 0.170. The molecule has 0 bridgehead atoms. The van der Waals surface area contributed by atoms with E-state index in [1.165, 1.54) is 93.5 Å². The minimum atomic E-state index is -0.435. The fourth-order valence-corrected chi connectivity index (χ4v) is 8.94. The van der Waals surface area contributed by atoms with Crippen LogP contribution in [0.5, 0.6) is 0 Å². The summed E-state index contributed by atoms with van der Waals surface area (Å²) in [5.74, 6) is 0. The van der Waals surface area contributed by atoms with Gasteiger partial charge in [0.25, 0.3) is 0 Å². The molecule has 0 N–H and O–H groups in total. The van der Waals surface area contributed by atoms with Crippen LogP contribution in [0, 0.1) is 0 Å². The van der Waals surface area contributed by atoms with E-state index >= 15 is 0 Å². The molecule has 212 valence electrons. The molecule has 46 heavy (non-hydrogen) atoms. The van der Waals surface area contributed by atoms with Gasteiger partial charge in [-0.05, 0) is 96.4 Å². The van der Waals surface area contributed by atoms with Crippen molar-refractivity contribution in [1.82, 2.24) is 4.57 Å². The first-order chi connectivity index (χ1) is 22.8. The summed E-state index contributed by atoms with van der Waals surface area (Å²) < 4.78 is 2.53. The number of hydrogen-bond donors (Lipinski definition) is 0. The third-order valence-electron chi connectivity index (χ3n) is 10.8. The molecule has 8 aromatic carbocycles. The molecule has 9 aromatic rings. The molecule has 1 heteroatoms. The van der Waals surface area contributed by atoms with Crippen LogP contribution in [0.1, 0.15) is 22.3 Å². The summed E-state index contributed by atoms with van der Waals surface area (Å²) in [7, 11) is 0. The zero-order valence-corrected chi connectivity index (χ0v) is 25.0. The first-order valence-corrected chi connectivity index (χ1v) is 16.1. The SMILES string of the molecule is c1ccc2c(c1)-c1ccccc1C21c2ccccc2-n2c3ccccc3c3cc(-c4ccc5c(ccc6ccccc65)c4)cc1c32. The molecule has 0 unspecified atom stereocenters. The number of nitrogens with zero attached hydrogens (tertiary/aromatic N) is 1. The van der Waals surface area contributed by atoms with E-state index < -0.39 is 5.41 Å². The highest BCUT2D eigenvalue weighted by Crippen LogP contribution is 2.61. The third-order valence-corrected chi connectivity index (χ3v) is 10.8. The number of para-hydroxylation sites is 2. The molecular weight excluding hydrogens is 555 g/mol. The van der Waals surface area contributed by atoms with Gasteiger partial charge >= 0.3 is 0 Å². The van der Waals surface area contributed by atoms with Crippen LogP contribution < -0.4 is 0 Å². The van der Waals surface area contributed by atoms with Gasteiger partial charge in [-0.25, -0.2) is 0 Å². The first-order valence-electron chi connectivity index (χ1n) is 16.1. The Labute approximate surface area is 266 Å². The largest absolute Gasteiger partial charge is 0.309 e. The van der Waals surface area contributed by atoms with Gasteiger partial charge in [0, 0.05) is 10.8 Å². The first kappa shape index (κ1) is 24.4. The predicted molar refractivity (Wildman–Crippen MR) is 192 cm³/mol. The van der Waals surface area contributed by atoms with Gasteiger partial charge in [-0.3, -0.25) is 0 Å². The molecule has 0 atom stereocenters. The van der Waals surface area contributed by atoms with E-state index in [-0.39, 0.29) is 0 Å². The van der Waals surface area contributed by atoms with Crippen molar-refractivity contribution in [3.8, 4) is 27.9 Å². The highest BCUT2D eigenvalue weighted by molar-refractivity contribution is 6.14. The van der Waals surface area contributed by atoms with Crippen molar-refractivity contribution in [3.05, 3.63) is 186 Å². The second-order valence-corrected chi connectivity index (χ2v) is 12.9. The summed E-state index contributed by atoms with van der Waals surface area (Å²) in [5, 5.41) is 7.74. The van der Waals surface area contributed by atoms with E-state index in [0.29, 0.717) is 0 Å². The van der Waals surface area contributed by atoms with Gasteiger partial charge in [-0.2, -0.15) is 0 Å². The number of fused-ring (bicyclic) bond motifs is 15. The van der Waals surface area contributed by atoms with Gasteiger partial charge in [0.15, 0.2) is 0 Å². The van der Waals surface area contributed by atoms with Crippen LogP contribution in [-0.2, 0) is 5.41 Å². The summed E-state index contributed by atoms with van der Waals surface area (Å²) in [6.45, 7) is 0. The zero-order valence-electron chi connectivity index (χ0n) is 25.0. The Bertz CT molecular complexity index is 2710. The monoisotopic (exact) mass is 581 g/mol. The fraction of sp³-hybridized carbons (Fsp3) is 0.0222. The Balaban J connectivity index is 1.32. The topological polar surface area (TPSA) is 4.93 Å². The van der Waals surface area contributed by atoms with Gasteiger partial charge < -0.3 is 4.57 Å². The molecule has 0 amide bonds. The number of aromatic nitrogens is 1. The molecule has 2 aliphatic rings. The average molecular weight is 582 g/mol. The van der Waals surface area contributed by atoms with Crippen LogP contribution in [0.25, 0.3) is 71.3 Å². The fourth-order valence-electron chi connectivity index (χ4n) is 8.94. The Morgan fingerprint density at radius 3 is 1.83 bits per heavy atom. The molecule has 1 aliphatic heterocycles. The molecule has 11 rings (SSSR count). The number of rotatable bonds is 1. The Morgan fingerprint density at radius 2 is 1.00 bits per heavy atom. The van der Waals surface area contributed by atoms with E-state index in [1.807, 2.05) is 0 Å². The molecule has 0 radical (unpaired) electrons. The summed E-state index contributed by atoms with van der Waals surface area (Å²) in [4.78, 5) is 0. The molecule has 1 nitrogen and oxygen atoms in total. The predicted octanol–water partition coefficient (Wildman–Crippen LogP) is 11.4. The number of hydrogen-bond acceptors (Lipinski definition) is 0. The second kappa shape index (κ2) is 8.62. The zero-order chi connectivity index (χ0) is 30.0. The lowest BCUT2D eigenvalue weighted by Crippen LogP contribution is -2.33. The average Bonchev–Trinajstić information content (AvgIpc) is 3.62. The molecule has 0 saturated heterocycles. The molecule has 0 saturated carbocycles. The Morgan fingerprint density at radius 1 is 0.370 bits per heavy atom. The lowest BCUT2D eigenvalue weighted by atomic mass is 9.65.